The maximum Gasteiger partial charge on any atom is 0.201 e. The molecule has 4 aromatic rings. The third-order valence-electron chi connectivity index (χ3n) is 5.18. The number of fused-ring (bicyclic) bond motifs is 3. The number of H-pyrrole nitrogens is 1. The summed E-state index contributed by atoms with van der Waals surface area (Å²) in [6, 6.07) is 3.75. The van der Waals surface area contributed by atoms with Crippen molar-refractivity contribution in [2.75, 3.05) is 11.4 Å². The van der Waals surface area contributed by atoms with E-state index in [0.717, 1.165) is 41.9 Å². The van der Waals surface area contributed by atoms with Gasteiger partial charge in [-0.2, -0.15) is 0 Å². The van der Waals surface area contributed by atoms with Gasteiger partial charge in [0.2, 0.25) is 5.76 Å². The zero-order valence-corrected chi connectivity index (χ0v) is 14.3. The van der Waals surface area contributed by atoms with Gasteiger partial charge in [0.25, 0.3) is 0 Å². The van der Waals surface area contributed by atoms with Crippen LogP contribution in [0.15, 0.2) is 35.2 Å². The van der Waals surface area contributed by atoms with E-state index in [-0.39, 0.29) is 11.8 Å². The first-order chi connectivity index (χ1) is 12.7. The number of aromatic amines is 1. The largest absolute Gasteiger partial charge is 0.351 e. The quantitative estimate of drug-likeness (QED) is 0.571. The SMILES string of the molecule is C[C@H]1CCN(c2cc(C=O)on2)[C@@H](c2ncc3cnc4[nH]ccc4n23)C1. The summed E-state index contributed by atoms with van der Waals surface area (Å²) in [6.45, 7) is 3.10. The molecule has 1 fully saturated rings. The van der Waals surface area contributed by atoms with Crippen molar-refractivity contribution in [2.24, 2.45) is 5.92 Å². The molecule has 0 unspecified atom stereocenters. The molecule has 8 nitrogen and oxygen atoms in total. The number of nitrogens with zero attached hydrogens (tertiary/aromatic N) is 5. The van der Waals surface area contributed by atoms with Gasteiger partial charge in [-0.3, -0.25) is 9.20 Å². The maximum absolute atomic E-state index is 11.0. The molecule has 0 radical (unpaired) electrons. The fraction of sp³-hybridized carbons (Fsp3) is 0.333. The van der Waals surface area contributed by atoms with Gasteiger partial charge in [-0.25, -0.2) is 9.97 Å². The zero-order chi connectivity index (χ0) is 17.7. The summed E-state index contributed by atoms with van der Waals surface area (Å²) in [5.74, 6) is 2.45. The molecule has 0 aromatic carbocycles. The smallest absolute Gasteiger partial charge is 0.201 e. The summed E-state index contributed by atoms with van der Waals surface area (Å²) in [7, 11) is 0. The molecule has 26 heavy (non-hydrogen) atoms. The van der Waals surface area contributed by atoms with Gasteiger partial charge in [0.05, 0.1) is 29.5 Å². The molecular weight excluding hydrogens is 332 g/mol. The second-order valence-electron chi connectivity index (χ2n) is 6.89. The molecule has 132 valence electrons. The van der Waals surface area contributed by atoms with Crippen LogP contribution in [0.5, 0.6) is 0 Å². The predicted octanol–water partition coefficient (Wildman–Crippen LogP) is 2.99. The van der Waals surface area contributed by atoms with Crippen LogP contribution in [0.3, 0.4) is 0 Å². The van der Waals surface area contributed by atoms with Crippen LogP contribution in [0.25, 0.3) is 16.7 Å². The molecule has 5 heterocycles. The second-order valence-corrected chi connectivity index (χ2v) is 6.89. The number of imidazole rings is 1. The van der Waals surface area contributed by atoms with Crippen LogP contribution >= 0.6 is 0 Å². The van der Waals surface area contributed by atoms with E-state index >= 15 is 0 Å². The third-order valence-corrected chi connectivity index (χ3v) is 5.18. The van der Waals surface area contributed by atoms with E-state index in [1.807, 2.05) is 24.7 Å². The van der Waals surface area contributed by atoms with Crippen LogP contribution in [0.1, 0.15) is 42.2 Å². The lowest BCUT2D eigenvalue weighted by Gasteiger charge is -2.37. The molecule has 5 rings (SSSR count). The number of piperidine rings is 1. The van der Waals surface area contributed by atoms with E-state index in [0.29, 0.717) is 18.0 Å². The minimum atomic E-state index is 0.0475. The predicted molar refractivity (Wildman–Crippen MR) is 95.2 cm³/mol. The van der Waals surface area contributed by atoms with Crippen molar-refractivity contribution in [3.63, 3.8) is 0 Å². The molecule has 0 amide bonds. The molecule has 1 aliphatic rings. The number of hydrogen-bond acceptors (Lipinski definition) is 6. The Morgan fingerprint density at radius 3 is 3.08 bits per heavy atom. The molecular formula is C18H18N6O2. The van der Waals surface area contributed by atoms with Crippen molar-refractivity contribution in [3.05, 3.63) is 42.3 Å². The van der Waals surface area contributed by atoms with Gasteiger partial charge in [0, 0.05) is 18.8 Å². The van der Waals surface area contributed by atoms with Gasteiger partial charge in [-0.15, -0.1) is 0 Å². The summed E-state index contributed by atoms with van der Waals surface area (Å²) in [6.07, 6.45) is 8.26. The molecule has 4 aromatic heterocycles. The molecule has 1 N–H and O–H groups in total. The fourth-order valence-electron chi connectivity index (χ4n) is 3.87. The van der Waals surface area contributed by atoms with E-state index in [1.165, 1.54) is 0 Å². The Morgan fingerprint density at radius 1 is 1.35 bits per heavy atom. The Bertz CT molecular complexity index is 1090. The van der Waals surface area contributed by atoms with Crippen molar-refractivity contribution in [3.8, 4) is 0 Å². The van der Waals surface area contributed by atoms with E-state index in [4.69, 9.17) is 9.51 Å². The minimum Gasteiger partial charge on any atom is -0.351 e. The number of aldehydes is 1. The zero-order valence-electron chi connectivity index (χ0n) is 14.3. The van der Waals surface area contributed by atoms with E-state index in [9.17, 15) is 4.79 Å². The topological polar surface area (TPSA) is 92.3 Å². The standard InChI is InChI=1S/C18H18N6O2/c1-11-3-5-23(16-7-13(10-25)26-22-16)15(6-11)18-21-9-12-8-20-17-14(24(12)18)2-4-19-17/h2,4,7-11,15,19H,3,5-6H2,1H3/t11-,15+/m0/s1. The lowest BCUT2D eigenvalue weighted by Crippen LogP contribution is -2.37. The number of hydrogen-bond donors (Lipinski definition) is 1. The van der Waals surface area contributed by atoms with Crippen molar-refractivity contribution in [2.45, 2.75) is 25.8 Å². The Balaban J connectivity index is 1.66. The first kappa shape index (κ1) is 15.1. The van der Waals surface area contributed by atoms with Crippen LogP contribution in [-0.4, -0.2) is 37.3 Å². The number of anilines is 1. The van der Waals surface area contributed by atoms with Gasteiger partial charge < -0.3 is 14.4 Å². The molecule has 0 saturated carbocycles. The second kappa shape index (κ2) is 5.69. The molecule has 0 bridgehead atoms. The van der Waals surface area contributed by atoms with E-state index in [2.05, 4.69) is 31.3 Å². The molecule has 0 aliphatic carbocycles. The van der Waals surface area contributed by atoms with Crippen LogP contribution in [0.4, 0.5) is 5.82 Å². The molecule has 2 atom stereocenters. The molecule has 0 spiro atoms. The van der Waals surface area contributed by atoms with E-state index in [1.54, 1.807) is 6.07 Å². The fourth-order valence-corrected chi connectivity index (χ4v) is 3.87. The summed E-state index contributed by atoms with van der Waals surface area (Å²) in [4.78, 5) is 25.5. The average Bonchev–Trinajstić information content (AvgIpc) is 3.38. The number of aromatic nitrogens is 5. The number of carbonyl (C=O) groups excluding carboxylic acids is 1. The van der Waals surface area contributed by atoms with Gasteiger partial charge in [0.15, 0.2) is 17.8 Å². The van der Waals surface area contributed by atoms with Gasteiger partial charge >= 0.3 is 0 Å². The van der Waals surface area contributed by atoms with Gasteiger partial charge in [0.1, 0.15) is 5.82 Å². The molecule has 1 saturated heterocycles. The highest BCUT2D eigenvalue weighted by Crippen LogP contribution is 2.37. The average molecular weight is 350 g/mol. The Hall–Kier alpha value is -3.16. The normalized spacial score (nSPS) is 20.9. The van der Waals surface area contributed by atoms with Gasteiger partial charge in [-0.05, 0) is 24.8 Å². The molecule has 8 heteroatoms. The highest BCUT2D eigenvalue weighted by Gasteiger charge is 2.33. The highest BCUT2D eigenvalue weighted by molar-refractivity contribution is 5.75. The lowest BCUT2D eigenvalue weighted by atomic mass is 9.92. The summed E-state index contributed by atoms with van der Waals surface area (Å²) in [5.41, 5.74) is 2.79. The number of nitrogens with one attached hydrogen (secondary N) is 1. The summed E-state index contributed by atoms with van der Waals surface area (Å²) in [5, 5.41) is 4.09. The van der Waals surface area contributed by atoms with Crippen LogP contribution in [-0.2, 0) is 0 Å². The lowest BCUT2D eigenvalue weighted by molar-refractivity contribution is 0.109. The van der Waals surface area contributed by atoms with Crippen molar-refractivity contribution in [1.29, 1.82) is 0 Å². The first-order valence-corrected chi connectivity index (χ1v) is 8.72. The van der Waals surface area contributed by atoms with Crippen molar-refractivity contribution >= 4 is 28.8 Å². The van der Waals surface area contributed by atoms with Crippen LogP contribution in [0, 0.1) is 5.92 Å². The Kier molecular flexibility index (Phi) is 3.31. The van der Waals surface area contributed by atoms with Crippen molar-refractivity contribution in [1.82, 2.24) is 24.5 Å². The Morgan fingerprint density at radius 2 is 2.23 bits per heavy atom. The van der Waals surface area contributed by atoms with Gasteiger partial charge in [-0.1, -0.05) is 12.1 Å². The van der Waals surface area contributed by atoms with Crippen LogP contribution in [0.2, 0.25) is 0 Å². The first-order valence-electron chi connectivity index (χ1n) is 8.72. The monoisotopic (exact) mass is 350 g/mol. The third kappa shape index (κ3) is 2.22. The number of rotatable bonds is 3. The Labute approximate surface area is 148 Å². The molecule has 1 aliphatic heterocycles. The number of carbonyl (C=O) groups is 1. The van der Waals surface area contributed by atoms with Crippen molar-refractivity contribution < 1.29 is 9.32 Å². The van der Waals surface area contributed by atoms with E-state index < -0.39 is 0 Å². The highest BCUT2D eigenvalue weighted by atomic mass is 16.5. The maximum atomic E-state index is 11.0. The minimum absolute atomic E-state index is 0.0475. The summed E-state index contributed by atoms with van der Waals surface area (Å²) >= 11 is 0. The summed E-state index contributed by atoms with van der Waals surface area (Å²) < 4.78 is 7.25. The van der Waals surface area contributed by atoms with Crippen LogP contribution < -0.4 is 4.90 Å².